The van der Waals surface area contributed by atoms with Crippen molar-refractivity contribution in [3.8, 4) is 0 Å². The second-order valence-electron chi connectivity index (χ2n) is 7.10. The van der Waals surface area contributed by atoms with Crippen LogP contribution in [0.25, 0.3) is 5.57 Å². The summed E-state index contributed by atoms with van der Waals surface area (Å²) in [4.78, 5) is 30.9. The van der Waals surface area contributed by atoms with Gasteiger partial charge in [-0.3, -0.25) is 4.79 Å². The largest absolute Gasteiger partial charge is 0.336 e. The number of nitrogens with zero attached hydrogens (tertiary/aromatic N) is 3. The number of rotatable bonds is 3. The molecule has 0 radical (unpaired) electrons. The lowest BCUT2D eigenvalue weighted by molar-refractivity contribution is -0.131. The molecule has 8 nitrogen and oxygen atoms in total. The lowest BCUT2D eigenvalue weighted by Gasteiger charge is -2.32. The van der Waals surface area contributed by atoms with Crippen molar-refractivity contribution < 1.29 is 22.4 Å². The van der Waals surface area contributed by atoms with Gasteiger partial charge in [-0.05, 0) is 30.5 Å². The van der Waals surface area contributed by atoms with Crippen LogP contribution in [0.1, 0.15) is 11.4 Å². The molecule has 3 amide bonds. The third kappa shape index (κ3) is 2.84. The van der Waals surface area contributed by atoms with E-state index in [9.17, 15) is 22.4 Å². The average Bonchev–Trinajstić information content (AvgIpc) is 3.42. The van der Waals surface area contributed by atoms with Gasteiger partial charge in [0.05, 0.1) is 11.7 Å². The zero-order chi connectivity index (χ0) is 20.3. The van der Waals surface area contributed by atoms with Crippen LogP contribution in [0.2, 0.25) is 0 Å². The molecule has 1 aliphatic carbocycles. The highest BCUT2D eigenvalue weighted by atomic mass is 32.2. The molecule has 2 aliphatic heterocycles. The molecule has 0 saturated carbocycles. The maximum atomic E-state index is 13.6. The first kappa shape index (κ1) is 18.3. The third-order valence-electron chi connectivity index (χ3n) is 5.37. The Bertz CT molecular complexity index is 1160. The summed E-state index contributed by atoms with van der Waals surface area (Å²) in [5.41, 5.74) is 0.956. The van der Waals surface area contributed by atoms with Crippen molar-refractivity contribution in [3.05, 3.63) is 46.7 Å². The van der Waals surface area contributed by atoms with Gasteiger partial charge in [0.1, 0.15) is 22.3 Å². The number of amides is 3. The minimum absolute atomic E-state index is 0.00526. The predicted octanol–water partition coefficient (Wildman–Crippen LogP) is 2.13. The number of thiazole rings is 1. The Morgan fingerprint density at radius 2 is 2.21 bits per heavy atom. The SMILES string of the molecule is O=C(CN1C(=O)Nc2ccc(F)cc2S1(=O)=O)N1C[C@H]2C=C(c3nccs3)[C@@H]1C2. The van der Waals surface area contributed by atoms with E-state index in [2.05, 4.69) is 16.4 Å². The van der Waals surface area contributed by atoms with Crippen LogP contribution >= 0.6 is 11.3 Å². The van der Waals surface area contributed by atoms with E-state index in [-0.39, 0.29) is 22.5 Å². The molecule has 3 heterocycles. The van der Waals surface area contributed by atoms with Gasteiger partial charge in [-0.25, -0.2) is 26.9 Å². The Morgan fingerprint density at radius 3 is 2.93 bits per heavy atom. The number of carbonyl (C=O) groups is 2. The fourth-order valence-corrected chi connectivity index (χ4v) is 6.25. The molecular formula is C18H15FN4O4S2. The Hall–Kier alpha value is -2.79. The van der Waals surface area contributed by atoms with Crippen LogP contribution < -0.4 is 5.32 Å². The summed E-state index contributed by atoms with van der Waals surface area (Å²) in [6.07, 6.45) is 4.56. The predicted molar refractivity (Wildman–Crippen MR) is 103 cm³/mol. The summed E-state index contributed by atoms with van der Waals surface area (Å²) < 4.78 is 39.7. The van der Waals surface area contributed by atoms with Gasteiger partial charge in [-0.2, -0.15) is 0 Å². The molecular weight excluding hydrogens is 419 g/mol. The number of aromatic nitrogens is 1. The minimum Gasteiger partial charge on any atom is -0.333 e. The van der Waals surface area contributed by atoms with Gasteiger partial charge in [0.15, 0.2) is 0 Å². The fraction of sp³-hybridized carbons (Fsp3) is 0.278. The van der Waals surface area contributed by atoms with Crippen LogP contribution in [0.5, 0.6) is 0 Å². The van der Waals surface area contributed by atoms with E-state index in [1.54, 1.807) is 11.1 Å². The molecule has 2 atom stereocenters. The average molecular weight is 434 g/mol. The van der Waals surface area contributed by atoms with E-state index >= 15 is 0 Å². The van der Waals surface area contributed by atoms with E-state index in [4.69, 9.17) is 0 Å². The number of hydrogen-bond donors (Lipinski definition) is 1. The summed E-state index contributed by atoms with van der Waals surface area (Å²) in [6, 6.07) is 1.96. The van der Waals surface area contributed by atoms with E-state index in [1.807, 2.05) is 5.38 Å². The molecule has 1 N–H and O–H groups in total. The van der Waals surface area contributed by atoms with Crippen molar-refractivity contribution in [1.82, 2.24) is 14.2 Å². The molecule has 29 heavy (non-hydrogen) atoms. The molecule has 1 saturated heterocycles. The summed E-state index contributed by atoms with van der Waals surface area (Å²) in [7, 11) is -4.34. The van der Waals surface area contributed by atoms with Crippen LogP contribution in [-0.4, -0.2) is 53.7 Å². The molecule has 5 rings (SSSR count). The number of urea groups is 1. The van der Waals surface area contributed by atoms with E-state index in [0.717, 1.165) is 29.1 Å². The maximum Gasteiger partial charge on any atom is 0.336 e. The van der Waals surface area contributed by atoms with Crippen LogP contribution in [-0.2, 0) is 14.8 Å². The number of likely N-dealkylation sites (tertiary alicyclic amines) is 1. The fourth-order valence-electron chi connectivity index (χ4n) is 4.09. The second-order valence-corrected chi connectivity index (χ2v) is 9.82. The Balaban J connectivity index is 1.40. The van der Waals surface area contributed by atoms with Gasteiger partial charge < -0.3 is 10.2 Å². The molecule has 3 aliphatic rings. The number of anilines is 1. The first-order chi connectivity index (χ1) is 13.8. The molecule has 150 valence electrons. The highest BCUT2D eigenvalue weighted by Gasteiger charge is 2.45. The van der Waals surface area contributed by atoms with Crippen LogP contribution in [0.4, 0.5) is 14.9 Å². The van der Waals surface area contributed by atoms with E-state index in [1.165, 1.54) is 17.4 Å². The maximum absolute atomic E-state index is 13.6. The summed E-state index contributed by atoms with van der Waals surface area (Å²) in [5, 5.41) is 5.10. The minimum atomic E-state index is -4.34. The zero-order valence-corrected chi connectivity index (χ0v) is 16.5. The first-order valence-corrected chi connectivity index (χ1v) is 11.2. The first-order valence-electron chi connectivity index (χ1n) is 8.89. The zero-order valence-electron chi connectivity index (χ0n) is 14.9. The van der Waals surface area contributed by atoms with Crippen LogP contribution in [0.3, 0.4) is 0 Å². The lowest BCUT2D eigenvalue weighted by atomic mass is 10.1. The monoisotopic (exact) mass is 434 g/mol. The number of sulfonamides is 1. The van der Waals surface area contributed by atoms with E-state index < -0.39 is 34.3 Å². The van der Waals surface area contributed by atoms with Crippen molar-refractivity contribution in [2.75, 3.05) is 18.4 Å². The highest BCUT2D eigenvalue weighted by Crippen LogP contribution is 2.42. The van der Waals surface area contributed by atoms with Crippen molar-refractivity contribution in [1.29, 1.82) is 0 Å². The number of fused-ring (bicyclic) bond motifs is 3. The number of hydrogen-bond acceptors (Lipinski definition) is 6. The Kier molecular flexibility index (Phi) is 4.00. The number of halogens is 1. The summed E-state index contributed by atoms with van der Waals surface area (Å²) in [6.45, 7) is -0.169. The quantitative estimate of drug-likeness (QED) is 0.798. The van der Waals surface area contributed by atoms with Crippen LogP contribution in [0.15, 0.2) is 40.7 Å². The number of nitrogens with one attached hydrogen (secondary N) is 1. The number of carbonyl (C=O) groups excluding carboxylic acids is 2. The topological polar surface area (TPSA) is 99.7 Å². The summed E-state index contributed by atoms with van der Waals surface area (Å²) >= 11 is 1.48. The molecule has 2 aromatic rings. The van der Waals surface area contributed by atoms with Crippen LogP contribution in [0, 0.1) is 11.7 Å². The van der Waals surface area contributed by atoms with Crippen molar-refractivity contribution in [2.24, 2.45) is 5.92 Å². The van der Waals surface area contributed by atoms with Crippen molar-refractivity contribution in [2.45, 2.75) is 17.4 Å². The van der Waals surface area contributed by atoms with Gasteiger partial charge >= 0.3 is 6.03 Å². The highest BCUT2D eigenvalue weighted by molar-refractivity contribution is 7.90. The van der Waals surface area contributed by atoms with Gasteiger partial charge in [0.2, 0.25) is 5.91 Å². The van der Waals surface area contributed by atoms with E-state index in [0.29, 0.717) is 10.8 Å². The Morgan fingerprint density at radius 1 is 1.38 bits per heavy atom. The molecule has 0 spiro atoms. The van der Waals surface area contributed by atoms with Crippen molar-refractivity contribution in [3.63, 3.8) is 0 Å². The lowest BCUT2D eigenvalue weighted by Crippen LogP contribution is -2.50. The molecule has 1 aromatic heterocycles. The molecule has 2 bridgehead atoms. The second kappa shape index (κ2) is 6.36. The molecule has 1 aromatic carbocycles. The van der Waals surface area contributed by atoms with Crippen molar-refractivity contribution >= 4 is 44.6 Å². The molecule has 1 fully saturated rings. The normalized spacial score (nSPS) is 24.3. The molecule has 0 unspecified atom stereocenters. The van der Waals surface area contributed by atoms with Gasteiger partial charge in [-0.15, -0.1) is 11.3 Å². The standard InChI is InChI=1S/C18H15FN4O4S2/c19-11-1-2-13-15(7-11)29(26,27)23(18(25)21-13)9-16(24)22-8-10-5-12(14(22)6-10)17-20-3-4-28-17/h1-5,7,10,14H,6,8-9H2,(H,21,25)/t10-,14-/m0/s1. The van der Waals surface area contributed by atoms with Gasteiger partial charge in [-0.1, -0.05) is 6.08 Å². The smallest absolute Gasteiger partial charge is 0.333 e. The summed E-state index contributed by atoms with van der Waals surface area (Å²) in [5.74, 6) is -1.03. The third-order valence-corrected chi connectivity index (χ3v) is 7.96. The van der Waals surface area contributed by atoms with Gasteiger partial charge in [0.25, 0.3) is 10.0 Å². The van der Waals surface area contributed by atoms with Gasteiger partial charge in [0, 0.05) is 23.7 Å². The molecule has 11 heteroatoms. The number of benzene rings is 1. The Labute approximate surface area is 169 Å².